The van der Waals surface area contributed by atoms with Crippen molar-refractivity contribution in [2.45, 2.75) is 52.5 Å². The molecule has 1 nitrogen and oxygen atoms in total. The van der Waals surface area contributed by atoms with E-state index < -0.39 is 0 Å². The van der Waals surface area contributed by atoms with Crippen molar-refractivity contribution in [3.05, 3.63) is 0 Å². The van der Waals surface area contributed by atoms with Crippen LogP contribution in [-0.2, 0) is 0 Å². The van der Waals surface area contributed by atoms with Crippen LogP contribution in [0.25, 0.3) is 0 Å². The first-order valence-corrected chi connectivity index (χ1v) is 5.83. The molecule has 3 aliphatic carbocycles. The normalized spacial score (nSPS) is 47.1. The third-order valence-electron chi connectivity index (χ3n) is 4.80. The molecule has 3 rings (SSSR count). The predicted molar refractivity (Wildman–Crippen MR) is 56.4 cm³/mol. The lowest BCUT2D eigenvalue weighted by atomic mass is 9.45. The van der Waals surface area contributed by atoms with E-state index in [0.29, 0.717) is 11.5 Å². The minimum Gasteiger partial charge on any atom is -0.327 e. The van der Waals surface area contributed by atoms with Crippen LogP contribution in [0.5, 0.6) is 0 Å². The standard InChI is InChI=1S/C12H23N/c1-4-5-8-6-9-7-10(11(8)13)12(9,2)3/h8-11H,4-7,13H2,1-3H3/t8-,9+,10+,11?/m0/s1. The van der Waals surface area contributed by atoms with Gasteiger partial charge in [-0.15, -0.1) is 0 Å². The molecule has 3 fully saturated rings. The molecule has 3 saturated carbocycles. The lowest BCUT2D eigenvalue weighted by molar-refractivity contribution is -0.106. The summed E-state index contributed by atoms with van der Waals surface area (Å²) in [5.41, 5.74) is 6.88. The Bertz CT molecular complexity index is 197. The van der Waals surface area contributed by atoms with Crippen molar-refractivity contribution in [2.75, 3.05) is 0 Å². The summed E-state index contributed by atoms with van der Waals surface area (Å²) in [7, 11) is 0. The summed E-state index contributed by atoms with van der Waals surface area (Å²) in [6.07, 6.45) is 5.47. The topological polar surface area (TPSA) is 26.0 Å². The fourth-order valence-corrected chi connectivity index (χ4v) is 3.64. The monoisotopic (exact) mass is 181 g/mol. The van der Waals surface area contributed by atoms with Crippen molar-refractivity contribution in [3.8, 4) is 0 Å². The Balaban J connectivity index is 2.03. The Morgan fingerprint density at radius 2 is 2.00 bits per heavy atom. The zero-order valence-corrected chi connectivity index (χ0v) is 9.22. The Morgan fingerprint density at radius 3 is 2.46 bits per heavy atom. The van der Waals surface area contributed by atoms with Crippen molar-refractivity contribution in [3.63, 3.8) is 0 Å². The van der Waals surface area contributed by atoms with Gasteiger partial charge < -0.3 is 5.73 Å². The highest BCUT2D eigenvalue weighted by Gasteiger charge is 2.56. The molecule has 0 aromatic rings. The summed E-state index contributed by atoms with van der Waals surface area (Å²) in [6, 6.07) is 0.500. The van der Waals surface area contributed by atoms with E-state index in [1.54, 1.807) is 0 Å². The Labute approximate surface area is 82.1 Å². The van der Waals surface area contributed by atoms with Crippen LogP contribution in [0.3, 0.4) is 0 Å². The van der Waals surface area contributed by atoms with Crippen LogP contribution in [0, 0.1) is 23.2 Å². The maximum absolute atomic E-state index is 6.32. The van der Waals surface area contributed by atoms with Gasteiger partial charge in [0.15, 0.2) is 0 Å². The average molecular weight is 181 g/mol. The van der Waals surface area contributed by atoms with Gasteiger partial charge in [0.2, 0.25) is 0 Å². The van der Waals surface area contributed by atoms with Gasteiger partial charge in [0, 0.05) is 6.04 Å². The van der Waals surface area contributed by atoms with Crippen LogP contribution in [0.2, 0.25) is 0 Å². The summed E-state index contributed by atoms with van der Waals surface area (Å²) in [6.45, 7) is 7.10. The smallest absolute Gasteiger partial charge is 0.0101 e. The van der Waals surface area contributed by atoms with Gasteiger partial charge in [0.1, 0.15) is 0 Å². The first-order chi connectivity index (χ1) is 6.07. The van der Waals surface area contributed by atoms with Gasteiger partial charge in [0.05, 0.1) is 0 Å². The van der Waals surface area contributed by atoms with Crippen molar-refractivity contribution < 1.29 is 0 Å². The third-order valence-corrected chi connectivity index (χ3v) is 4.80. The van der Waals surface area contributed by atoms with Gasteiger partial charge >= 0.3 is 0 Å². The van der Waals surface area contributed by atoms with Crippen LogP contribution in [0.15, 0.2) is 0 Å². The molecule has 2 bridgehead atoms. The van der Waals surface area contributed by atoms with Crippen LogP contribution in [-0.4, -0.2) is 6.04 Å². The van der Waals surface area contributed by atoms with Crippen LogP contribution in [0.1, 0.15) is 46.5 Å². The highest BCUT2D eigenvalue weighted by molar-refractivity contribution is 5.07. The molecule has 2 N–H and O–H groups in total. The van der Waals surface area contributed by atoms with Gasteiger partial charge in [0.25, 0.3) is 0 Å². The van der Waals surface area contributed by atoms with Gasteiger partial charge in [-0.05, 0) is 42.4 Å². The molecule has 0 aromatic carbocycles. The third kappa shape index (κ3) is 1.24. The Morgan fingerprint density at radius 1 is 1.31 bits per heavy atom. The fraction of sp³-hybridized carbons (Fsp3) is 1.00. The van der Waals surface area contributed by atoms with E-state index >= 15 is 0 Å². The van der Waals surface area contributed by atoms with E-state index in [-0.39, 0.29) is 0 Å². The number of rotatable bonds is 2. The number of fused-ring (bicyclic) bond motifs is 2. The first kappa shape index (κ1) is 9.51. The van der Waals surface area contributed by atoms with Gasteiger partial charge in [-0.25, -0.2) is 0 Å². The average Bonchev–Trinajstić information content (AvgIpc) is 2.08. The highest BCUT2D eigenvalue weighted by Crippen LogP contribution is 2.60. The van der Waals surface area contributed by atoms with Crippen molar-refractivity contribution in [2.24, 2.45) is 28.9 Å². The second-order valence-corrected chi connectivity index (χ2v) is 5.72. The van der Waals surface area contributed by atoms with E-state index in [2.05, 4.69) is 20.8 Å². The largest absolute Gasteiger partial charge is 0.327 e. The molecule has 0 saturated heterocycles. The fourth-order valence-electron chi connectivity index (χ4n) is 3.64. The summed E-state index contributed by atoms with van der Waals surface area (Å²) in [5.74, 6) is 2.64. The lowest BCUT2D eigenvalue weighted by Crippen LogP contribution is -2.61. The van der Waals surface area contributed by atoms with E-state index in [1.165, 1.54) is 25.7 Å². The molecule has 13 heavy (non-hydrogen) atoms. The zero-order chi connectivity index (χ0) is 9.64. The summed E-state index contributed by atoms with van der Waals surface area (Å²) >= 11 is 0. The van der Waals surface area contributed by atoms with Gasteiger partial charge in [-0.2, -0.15) is 0 Å². The number of nitrogens with two attached hydrogens (primary N) is 1. The molecule has 0 aromatic heterocycles. The van der Waals surface area contributed by atoms with Crippen LogP contribution < -0.4 is 5.73 Å². The first-order valence-electron chi connectivity index (χ1n) is 5.83. The van der Waals surface area contributed by atoms with Crippen LogP contribution in [0.4, 0.5) is 0 Å². The summed E-state index contributed by atoms with van der Waals surface area (Å²) < 4.78 is 0. The van der Waals surface area contributed by atoms with Crippen molar-refractivity contribution in [1.29, 1.82) is 0 Å². The second kappa shape index (κ2) is 2.98. The molecule has 0 heterocycles. The molecule has 0 aliphatic heterocycles. The number of hydrogen-bond acceptors (Lipinski definition) is 1. The molecule has 0 amide bonds. The van der Waals surface area contributed by atoms with Gasteiger partial charge in [-0.1, -0.05) is 27.2 Å². The predicted octanol–water partition coefficient (Wildman–Crippen LogP) is 2.80. The highest BCUT2D eigenvalue weighted by atomic mass is 14.8. The minimum atomic E-state index is 0.500. The SMILES string of the molecule is CCC[C@H]1C[C@@H]2C[C@H](C1N)C2(C)C. The molecular weight excluding hydrogens is 158 g/mol. The van der Waals surface area contributed by atoms with E-state index in [0.717, 1.165) is 17.8 Å². The van der Waals surface area contributed by atoms with Crippen LogP contribution >= 0.6 is 0 Å². The van der Waals surface area contributed by atoms with E-state index in [1.807, 2.05) is 0 Å². The van der Waals surface area contributed by atoms with Crippen molar-refractivity contribution >= 4 is 0 Å². The van der Waals surface area contributed by atoms with Gasteiger partial charge in [-0.3, -0.25) is 0 Å². The maximum Gasteiger partial charge on any atom is 0.0101 e. The Kier molecular flexibility index (Phi) is 2.18. The summed E-state index contributed by atoms with van der Waals surface area (Å²) in [5, 5.41) is 0. The molecule has 76 valence electrons. The maximum atomic E-state index is 6.32. The molecular formula is C12H23N. The molecule has 1 heteroatoms. The molecule has 3 aliphatic rings. The minimum absolute atomic E-state index is 0.500. The zero-order valence-electron chi connectivity index (χ0n) is 9.22. The lowest BCUT2D eigenvalue weighted by Gasteiger charge is -2.62. The molecule has 0 spiro atoms. The Hall–Kier alpha value is -0.0400. The second-order valence-electron chi connectivity index (χ2n) is 5.72. The van der Waals surface area contributed by atoms with E-state index in [9.17, 15) is 0 Å². The summed E-state index contributed by atoms with van der Waals surface area (Å²) in [4.78, 5) is 0. The van der Waals surface area contributed by atoms with Crippen molar-refractivity contribution in [1.82, 2.24) is 0 Å². The molecule has 0 radical (unpaired) electrons. The van der Waals surface area contributed by atoms with E-state index in [4.69, 9.17) is 5.73 Å². The quantitative estimate of drug-likeness (QED) is 0.696. The number of hydrogen-bond donors (Lipinski definition) is 1. The molecule has 4 atom stereocenters. The molecule has 1 unspecified atom stereocenters.